The van der Waals surface area contributed by atoms with Crippen molar-refractivity contribution in [3.05, 3.63) is 58.9 Å². The second-order valence-electron chi connectivity index (χ2n) is 8.67. The van der Waals surface area contributed by atoms with Crippen molar-refractivity contribution in [2.24, 2.45) is 0 Å². The summed E-state index contributed by atoms with van der Waals surface area (Å²) in [4.78, 5) is 14.8. The molecule has 178 valence electrons. The lowest BCUT2D eigenvalue weighted by molar-refractivity contribution is 0.0933. The third-order valence-electron chi connectivity index (χ3n) is 6.43. The monoisotopic (exact) mass is 493 g/mol. The van der Waals surface area contributed by atoms with Crippen LogP contribution in [-0.2, 0) is 10.0 Å². The number of nitrogens with one attached hydrogen (secondary N) is 1. The van der Waals surface area contributed by atoms with E-state index < -0.39 is 10.0 Å². The zero-order valence-corrected chi connectivity index (χ0v) is 20.0. The number of anilines is 1. The van der Waals surface area contributed by atoms with Gasteiger partial charge in [-0.15, -0.1) is 0 Å². The molecule has 0 aromatic heterocycles. The Balaban J connectivity index is 1.46. The molecule has 1 aliphatic heterocycles. The van der Waals surface area contributed by atoms with Gasteiger partial charge in [-0.3, -0.25) is 4.79 Å². The maximum absolute atomic E-state index is 13.3. The first-order chi connectivity index (χ1) is 15.8. The zero-order chi connectivity index (χ0) is 23.4. The van der Waals surface area contributed by atoms with Gasteiger partial charge in [0.05, 0.1) is 5.02 Å². The third-order valence-corrected chi connectivity index (χ3v) is 8.81. The number of amides is 1. The van der Waals surface area contributed by atoms with Gasteiger partial charge < -0.3 is 10.2 Å². The zero-order valence-electron chi connectivity index (χ0n) is 18.5. The van der Waals surface area contributed by atoms with Crippen molar-refractivity contribution >= 4 is 33.2 Å². The minimum atomic E-state index is -3.87. The van der Waals surface area contributed by atoms with E-state index in [0.717, 1.165) is 31.4 Å². The normalized spacial score (nSPS) is 18.7. The Morgan fingerprint density at radius 3 is 2.21 bits per heavy atom. The topological polar surface area (TPSA) is 69.7 Å². The van der Waals surface area contributed by atoms with Crippen LogP contribution >= 0.6 is 11.6 Å². The highest BCUT2D eigenvalue weighted by atomic mass is 35.5. The van der Waals surface area contributed by atoms with Gasteiger partial charge in [-0.1, -0.05) is 37.3 Å². The molecule has 4 rings (SSSR count). The number of rotatable bonds is 5. The first-order valence-corrected chi connectivity index (χ1v) is 13.3. The van der Waals surface area contributed by atoms with Crippen LogP contribution in [0.4, 0.5) is 10.1 Å². The van der Waals surface area contributed by atoms with Crippen LogP contribution in [0.1, 0.15) is 48.9 Å². The number of sulfonamides is 1. The van der Waals surface area contributed by atoms with Crippen LogP contribution in [0.15, 0.2) is 47.4 Å². The summed E-state index contributed by atoms with van der Waals surface area (Å²) in [5.74, 6) is -0.575. The Kier molecular flexibility index (Phi) is 7.56. The lowest BCUT2D eigenvalue weighted by atomic mass is 10.1. The molecule has 1 amide bonds. The summed E-state index contributed by atoms with van der Waals surface area (Å²) >= 11 is 6.27. The molecule has 0 spiro atoms. The van der Waals surface area contributed by atoms with E-state index in [0.29, 0.717) is 18.7 Å². The van der Waals surface area contributed by atoms with Gasteiger partial charge >= 0.3 is 0 Å². The van der Waals surface area contributed by atoms with Crippen molar-refractivity contribution in [2.45, 2.75) is 49.5 Å². The molecule has 0 radical (unpaired) electrons. The van der Waals surface area contributed by atoms with Crippen molar-refractivity contribution in [3.63, 3.8) is 0 Å². The Morgan fingerprint density at radius 1 is 0.939 bits per heavy atom. The fourth-order valence-electron chi connectivity index (χ4n) is 4.51. The van der Waals surface area contributed by atoms with E-state index in [-0.39, 0.29) is 40.8 Å². The molecule has 1 saturated carbocycles. The molecule has 0 unspecified atom stereocenters. The molecule has 0 bridgehead atoms. The molecule has 2 fully saturated rings. The van der Waals surface area contributed by atoms with E-state index in [2.05, 4.69) is 5.32 Å². The molecule has 1 heterocycles. The minimum Gasteiger partial charge on any atom is -0.369 e. The average Bonchev–Trinajstić information content (AvgIpc) is 3.08. The van der Waals surface area contributed by atoms with E-state index in [1.807, 2.05) is 4.90 Å². The highest BCUT2D eigenvalue weighted by Crippen LogP contribution is 2.28. The Labute approximate surface area is 199 Å². The SMILES string of the molecule is O=C(NC1CCCCCC1)c1ccc(Cl)c(S(=O)(=O)N2CCN(c3ccc(F)cc3)CC2)c1. The van der Waals surface area contributed by atoms with Crippen LogP contribution in [-0.4, -0.2) is 50.9 Å². The summed E-state index contributed by atoms with van der Waals surface area (Å²) < 4.78 is 41.3. The molecule has 0 atom stereocenters. The van der Waals surface area contributed by atoms with Crippen LogP contribution in [0.2, 0.25) is 5.02 Å². The molecule has 1 N–H and O–H groups in total. The summed E-state index contributed by atoms with van der Waals surface area (Å²) in [6, 6.07) is 10.7. The molecule has 1 aliphatic carbocycles. The third kappa shape index (κ3) is 5.67. The Hall–Kier alpha value is -2.16. The highest BCUT2D eigenvalue weighted by molar-refractivity contribution is 7.89. The molecular formula is C24H29ClFN3O3S. The number of carbonyl (C=O) groups is 1. The van der Waals surface area contributed by atoms with Gasteiger partial charge in [0.15, 0.2) is 0 Å². The second-order valence-corrected chi connectivity index (χ2v) is 11.0. The smallest absolute Gasteiger partial charge is 0.251 e. The lowest BCUT2D eigenvalue weighted by Gasteiger charge is -2.35. The Bertz CT molecular complexity index is 1080. The number of piperazine rings is 1. The van der Waals surface area contributed by atoms with Crippen LogP contribution < -0.4 is 10.2 Å². The van der Waals surface area contributed by atoms with Crippen molar-refractivity contribution in [1.82, 2.24) is 9.62 Å². The van der Waals surface area contributed by atoms with E-state index in [9.17, 15) is 17.6 Å². The van der Waals surface area contributed by atoms with Crippen molar-refractivity contribution in [3.8, 4) is 0 Å². The first kappa shape index (κ1) is 24.0. The van der Waals surface area contributed by atoms with Crippen molar-refractivity contribution in [2.75, 3.05) is 31.1 Å². The average molecular weight is 494 g/mol. The maximum atomic E-state index is 13.3. The molecule has 2 aliphatic rings. The predicted molar refractivity (Wildman–Crippen MR) is 128 cm³/mol. The van der Waals surface area contributed by atoms with E-state index >= 15 is 0 Å². The van der Waals surface area contributed by atoms with Crippen LogP contribution in [0.5, 0.6) is 0 Å². The minimum absolute atomic E-state index is 0.0482. The quantitative estimate of drug-likeness (QED) is 0.625. The number of hydrogen-bond acceptors (Lipinski definition) is 4. The molecule has 9 heteroatoms. The van der Waals surface area contributed by atoms with Gasteiger partial charge in [-0.2, -0.15) is 4.31 Å². The van der Waals surface area contributed by atoms with E-state index in [4.69, 9.17) is 11.6 Å². The number of halogens is 2. The number of nitrogens with zero attached hydrogens (tertiary/aromatic N) is 2. The largest absolute Gasteiger partial charge is 0.369 e. The fourth-order valence-corrected chi connectivity index (χ4v) is 6.43. The summed E-state index contributed by atoms with van der Waals surface area (Å²) in [7, 11) is -3.87. The van der Waals surface area contributed by atoms with E-state index in [1.54, 1.807) is 18.2 Å². The molecule has 33 heavy (non-hydrogen) atoms. The maximum Gasteiger partial charge on any atom is 0.251 e. The van der Waals surface area contributed by atoms with Crippen molar-refractivity contribution < 1.29 is 17.6 Å². The summed E-state index contributed by atoms with van der Waals surface area (Å²) in [5, 5.41) is 3.16. The van der Waals surface area contributed by atoms with Crippen LogP contribution in [0.3, 0.4) is 0 Å². The van der Waals surface area contributed by atoms with Crippen molar-refractivity contribution in [1.29, 1.82) is 0 Å². The van der Waals surface area contributed by atoms with E-state index in [1.165, 1.54) is 41.4 Å². The molecule has 6 nitrogen and oxygen atoms in total. The van der Waals surface area contributed by atoms with Crippen LogP contribution in [0.25, 0.3) is 0 Å². The standard InChI is InChI=1S/C24H29ClFN3O3S/c25-22-12-7-18(24(30)27-20-5-3-1-2-4-6-20)17-23(22)33(31,32)29-15-13-28(14-16-29)21-10-8-19(26)9-11-21/h7-12,17,20H,1-6,13-16H2,(H,27,30). The number of benzene rings is 2. The number of carbonyl (C=O) groups excluding carboxylic acids is 1. The van der Waals surface area contributed by atoms with Gasteiger partial charge in [-0.05, 0) is 55.3 Å². The van der Waals surface area contributed by atoms with Gasteiger partial charge in [0.25, 0.3) is 5.91 Å². The number of hydrogen-bond donors (Lipinski definition) is 1. The molecular weight excluding hydrogens is 465 g/mol. The second kappa shape index (κ2) is 10.4. The molecule has 2 aromatic carbocycles. The Morgan fingerprint density at radius 2 is 1.58 bits per heavy atom. The first-order valence-electron chi connectivity index (χ1n) is 11.5. The summed E-state index contributed by atoms with van der Waals surface area (Å²) in [5.41, 5.74) is 1.15. The predicted octanol–water partition coefficient (Wildman–Crippen LogP) is 4.44. The fraction of sp³-hybridized carbons (Fsp3) is 0.458. The van der Waals surface area contributed by atoms with Gasteiger partial charge in [0.2, 0.25) is 10.0 Å². The summed E-state index contributed by atoms with van der Waals surface area (Å²) in [6.45, 7) is 1.50. The lowest BCUT2D eigenvalue weighted by Crippen LogP contribution is -2.48. The highest BCUT2D eigenvalue weighted by Gasteiger charge is 2.31. The summed E-state index contributed by atoms with van der Waals surface area (Å²) in [6.07, 6.45) is 6.45. The molecule has 2 aromatic rings. The van der Waals surface area contributed by atoms with Gasteiger partial charge in [0, 0.05) is 43.5 Å². The molecule has 1 saturated heterocycles. The van der Waals surface area contributed by atoms with Gasteiger partial charge in [-0.25, -0.2) is 12.8 Å². The van der Waals surface area contributed by atoms with Crippen LogP contribution in [0, 0.1) is 5.82 Å². The van der Waals surface area contributed by atoms with Gasteiger partial charge in [0.1, 0.15) is 10.7 Å².